The van der Waals surface area contributed by atoms with E-state index in [-0.39, 0.29) is 30.7 Å². The van der Waals surface area contributed by atoms with Gasteiger partial charge in [-0.05, 0) is 49.2 Å². The highest BCUT2D eigenvalue weighted by molar-refractivity contribution is 5.94. The highest BCUT2D eigenvalue weighted by Gasteiger charge is 2.18. The van der Waals surface area contributed by atoms with Gasteiger partial charge < -0.3 is 14.4 Å². The van der Waals surface area contributed by atoms with E-state index in [1.54, 1.807) is 48.2 Å². The minimum Gasteiger partial charge on any atom is -0.497 e. The molecule has 0 aliphatic rings. The fraction of sp³-hybridized carbons (Fsp3) is 0.333. The zero-order valence-corrected chi connectivity index (χ0v) is 15.6. The van der Waals surface area contributed by atoms with Crippen molar-refractivity contribution in [2.45, 2.75) is 19.8 Å². The number of methoxy groups -OCH3 is 1. The first kappa shape index (κ1) is 20.4. The van der Waals surface area contributed by atoms with Crippen molar-refractivity contribution >= 4 is 11.9 Å². The summed E-state index contributed by atoms with van der Waals surface area (Å²) in [6.45, 7) is 2.70. The van der Waals surface area contributed by atoms with E-state index < -0.39 is 0 Å². The van der Waals surface area contributed by atoms with Gasteiger partial charge in [0, 0.05) is 18.7 Å². The summed E-state index contributed by atoms with van der Waals surface area (Å²) in [6.07, 6.45) is 0.672. The first-order valence-electron chi connectivity index (χ1n) is 8.87. The van der Waals surface area contributed by atoms with Crippen LogP contribution < -0.4 is 4.74 Å². The van der Waals surface area contributed by atoms with E-state index in [9.17, 15) is 14.0 Å². The largest absolute Gasteiger partial charge is 0.497 e. The summed E-state index contributed by atoms with van der Waals surface area (Å²) in [7, 11) is 1.54. The molecule has 0 N–H and O–H groups in total. The molecule has 0 saturated heterocycles. The van der Waals surface area contributed by atoms with E-state index >= 15 is 0 Å². The molecular weight excluding hydrogens is 349 g/mol. The topological polar surface area (TPSA) is 55.8 Å². The summed E-state index contributed by atoms with van der Waals surface area (Å²) in [6, 6.07) is 13.0. The second kappa shape index (κ2) is 10.3. The molecule has 6 heteroatoms. The average molecular weight is 373 g/mol. The lowest BCUT2D eigenvalue weighted by molar-refractivity contribution is -0.143. The van der Waals surface area contributed by atoms with Crippen LogP contribution in [-0.2, 0) is 16.0 Å². The van der Waals surface area contributed by atoms with Gasteiger partial charge in [0.15, 0.2) is 0 Å². The molecule has 144 valence electrons. The average Bonchev–Trinajstić information content (AvgIpc) is 2.69. The second-order valence-corrected chi connectivity index (χ2v) is 5.96. The Morgan fingerprint density at radius 3 is 2.48 bits per heavy atom. The van der Waals surface area contributed by atoms with Crippen LogP contribution in [0.5, 0.6) is 5.75 Å². The van der Waals surface area contributed by atoms with Gasteiger partial charge in [0.2, 0.25) is 0 Å². The van der Waals surface area contributed by atoms with Crippen LogP contribution in [0.1, 0.15) is 29.3 Å². The summed E-state index contributed by atoms with van der Waals surface area (Å²) >= 11 is 0. The number of nitrogens with zero attached hydrogens (tertiary/aromatic N) is 1. The molecule has 0 heterocycles. The van der Waals surface area contributed by atoms with Crippen molar-refractivity contribution in [2.75, 3.05) is 26.8 Å². The van der Waals surface area contributed by atoms with Gasteiger partial charge in [0.05, 0.1) is 20.1 Å². The summed E-state index contributed by atoms with van der Waals surface area (Å²) in [4.78, 5) is 26.2. The van der Waals surface area contributed by atoms with E-state index in [2.05, 4.69) is 0 Å². The molecule has 0 aromatic heterocycles. The van der Waals surface area contributed by atoms with Gasteiger partial charge in [0.25, 0.3) is 5.91 Å². The van der Waals surface area contributed by atoms with E-state index in [4.69, 9.17) is 9.47 Å². The third kappa shape index (κ3) is 6.40. The van der Waals surface area contributed by atoms with Crippen LogP contribution in [0.3, 0.4) is 0 Å². The molecule has 2 rings (SSSR count). The van der Waals surface area contributed by atoms with Crippen LogP contribution in [0.2, 0.25) is 0 Å². The van der Waals surface area contributed by atoms with E-state index in [1.807, 2.05) is 0 Å². The fourth-order valence-corrected chi connectivity index (χ4v) is 2.63. The third-order valence-electron chi connectivity index (χ3n) is 4.08. The van der Waals surface area contributed by atoms with Crippen molar-refractivity contribution in [1.29, 1.82) is 0 Å². The maximum absolute atomic E-state index is 13.1. The molecule has 0 bridgehead atoms. The van der Waals surface area contributed by atoms with Crippen molar-refractivity contribution in [1.82, 2.24) is 4.90 Å². The van der Waals surface area contributed by atoms with Crippen molar-refractivity contribution in [3.63, 3.8) is 0 Å². The van der Waals surface area contributed by atoms with Gasteiger partial charge in [-0.25, -0.2) is 4.39 Å². The van der Waals surface area contributed by atoms with Gasteiger partial charge in [-0.1, -0.05) is 18.2 Å². The molecule has 2 aromatic carbocycles. The first-order valence-corrected chi connectivity index (χ1v) is 8.87. The summed E-state index contributed by atoms with van der Waals surface area (Å²) < 4.78 is 23.2. The van der Waals surface area contributed by atoms with Gasteiger partial charge >= 0.3 is 5.97 Å². The zero-order chi connectivity index (χ0) is 19.6. The summed E-state index contributed by atoms with van der Waals surface area (Å²) in [5, 5.41) is 0. The number of carbonyl (C=O) groups excluding carboxylic acids is 2. The van der Waals surface area contributed by atoms with Crippen LogP contribution in [0.15, 0.2) is 48.5 Å². The fourth-order valence-electron chi connectivity index (χ4n) is 2.63. The van der Waals surface area contributed by atoms with Gasteiger partial charge in [-0.2, -0.15) is 0 Å². The zero-order valence-electron chi connectivity index (χ0n) is 15.6. The molecule has 5 nitrogen and oxygen atoms in total. The number of rotatable bonds is 9. The number of hydrogen-bond donors (Lipinski definition) is 0. The molecule has 0 saturated carbocycles. The highest BCUT2D eigenvalue weighted by atomic mass is 19.1. The number of ether oxygens (including phenoxy) is 2. The smallest absolute Gasteiger partial charge is 0.307 e. The van der Waals surface area contributed by atoms with Gasteiger partial charge in [-0.15, -0.1) is 0 Å². The Morgan fingerprint density at radius 2 is 1.81 bits per heavy atom. The lowest BCUT2D eigenvalue weighted by Crippen LogP contribution is -2.35. The van der Waals surface area contributed by atoms with Crippen LogP contribution >= 0.6 is 0 Å². The minimum atomic E-state index is -0.345. The molecule has 0 aliphatic carbocycles. The van der Waals surface area contributed by atoms with Gasteiger partial charge in [-0.3, -0.25) is 9.59 Å². The minimum absolute atomic E-state index is 0.118. The van der Waals surface area contributed by atoms with Crippen molar-refractivity contribution in [2.24, 2.45) is 0 Å². The van der Waals surface area contributed by atoms with Crippen LogP contribution in [0, 0.1) is 5.82 Å². The van der Waals surface area contributed by atoms with E-state index in [1.165, 1.54) is 19.2 Å². The number of benzene rings is 2. The third-order valence-corrected chi connectivity index (χ3v) is 4.08. The molecular formula is C21H24FNO4. The molecule has 0 fully saturated rings. The number of hydrogen-bond acceptors (Lipinski definition) is 4. The van der Waals surface area contributed by atoms with Crippen LogP contribution in [0.4, 0.5) is 4.39 Å². The number of amides is 1. The normalized spacial score (nSPS) is 10.3. The molecule has 0 unspecified atom stereocenters. The number of halogens is 1. The molecule has 0 radical (unpaired) electrons. The monoisotopic (exact) mass is 373 g/mol. The Balaban J connectivity index is 2.10. The molecule has 2 aromatic rings. The quantitative estimate of drug-likeness (QED) is 0.632. The molecule has 1 amide bonds. The Kier molecular flexibility index (Phi) is 7.79. The maximum Gasteiger partial charge on any atom is 0.307 e. The molecule has 0 spiro atoms. The van der Waals surface area contributed by atoms with Crippen LogP contribution in [-0.4, -0.2) is 43.6 Å². The SMILES string of the molecule is CCOC(=O)CCN(CCc1ccc(F)cc1)C(=O)c1cccc(OC)c1. The first-order chi connectivity index (χ1) is 13.0. The Labute approximate surface area is 158 Å². The van der Waals surface area contributed by atoms with Gasteiger partial charge in [0.1, 0.15) is 11.6 Å². The predicted molar refractivity (Wildman–Crippen MR) is 100 cm³/mol. The molecule has 0 aliphatic heterocycles. The number of esters is 1. The van der Waals surface area contributed by atoms with E-state index in [0.29, 0.717) is 30.9 Å². The predicted octanol–water partition coefficient (Wildman–Crippen LogP) is 3.47. The summed E-state index contributed by atoms with van der Waals surface area (Å²) in [5.74, 6) is -0.252. The van der Waals surface area contributed by atoms with Crippen molar-refractivity contribution in [3.8, 4) is 5.75 Å². The summed E-state index contributed by atoms with van der Waals surface area (Å²) in [5.41, 5.74) is 1.40. The molecule has 0 atom stereocenters. The van der Waals surface area contributed by atoms with Crippen LogP contribution in [0.25, 0.3) is 0 Å². The Hall–Kier alpha value is -2.89. The highest BCUT2D eigenvalue weighted by Crippen LogP contribution is 2.15. The number of carbonyl (C=O) groups is 2. The van der Waals surface area contributed by atoms with Crippen molar-refractivity contribution in [3.05, 3.63) is 65.5 Å². The standard InChI is InChI=1S/C21H24FNO4/c1-3-27-20(24)12-14-23(13-11-16-7-9-18(22)10-8-16)21(25)17-5-4-6-19(15-17)26-2/h4-10,15H,3,11-14H2,1-2H3. The second-order valence-electron chi connectivity index (χ2n) is 5.96. The molecule has 27 heavy (non-hydrogen) atoms. The van der Waals surface area contributed by atoms with Crippen molar-refractivity contribution < 1.29 is 23.5 Å². The Bertz CT molecular complexity index is 761. The maximum atomic E-state index is 13.1. The lowest BCUT2D eigenvalue weighted by atomic mass is 10.1. The Morgan fingerprint density at radius 1 is 1.07 bits per heavy atom. The lowest BCUT2D eigenvalue weighted by Gasteiger charge is -2.23. The van der Waals surface area contributed by atoms with E-state index in [0.717, 1.165) is 5.56 Å².